The van der Waals surface area contributed by atoms with Crippen molar-refractivity contribution in [2.45, 2.75) is 20.3 Å². The number of anilines is 2. The van der Waals surface area contributed by atoms with E-state index in [0.717, 1.165) is 85.4 Å². The van der Waals surface area contributed by atoms with E-state index in [1.165, 1.54) is 10.4 Å². The molecule has 172 valence electrons. The fraction of sp³-hybridized carbons (Fsp3) is 0.385. The minimum absolute atomic E-state index is 0.0837. The molecule has 0 unspecified atom stereocenters. The van der Waals surface area contributed by atoms with Crippen LogP contribution < -0.4 is 15.5 Å². The maximum absolute atomic E-state index is 13.2. The molecule has 2 aliphatic rings. The van der Waals surface area contributed by atoms with Gasteiger partial charge < -0.3 is 15.5 Å². The first kappa shape index (κ1) is 22.1. The minimum atomic E-state index is 0.0837. The van der Waals surface area contributed by atoms with Crippen LogP contribution in [0.15, 0.2) is 42.5 Å². The molecule has 1 fully saturated rings. The van der Waals surface area contributed by atoms with Crippen molar-refractivity contribution in [2.75, 3.05) is 56.0 Å². The zero-order chi connectivity index (χ0) is 22.8. The summed E-state index contributed by atoms with van der Waals surface area (Å²) in [6.07, 6.45) is 0.875. The van der Waals surface area contributed by atoms with Gasteiger partial charge in [-0.3, -0.25) is 9.69 Å². The molecule has 1 saturated heterocycles. The standard InChI is InChI=1S/C26H31N5OS/c1-18-5-3-4-6-22(18)25(32)31-13-9-20-17-21(7-8-23(20)31)24-19(2)33-26(29-24)28-12-16-30-14-10-27-11-15-30/h3-8,17,27H,9-16H2,1-2H3,(H,28,29). The van der Waals surface area contributed by atoms with Crippen LogP contribution >= 0.6 is 11.3 Å². The number of aryl methyl sites for hydroxylation is 2. The fourth-order valence-corrected chi connectivity index (χ4v) is 5.58. The Balaban J connectivity index is 1.28. The molecule has 0 saturated carbocycles. The maximum atomic E-state index is 13.2. The van der Waals surface area contributed by atoms with Crippen molar-refractivity contribution in [1.29, 1.82) is 0 Å². The molecule has 33 heavy (non-hydrogen) atoms. The normalized spacial score (nSPS) is 16.1. The Kier molecular flexibility index (Phi) is 6.44. The second-order valence-electron chi connectivity index (χ2n) is 8.81. The Labute approximate surface area is 199 Å². The summed E-state index contributed by atoms with van der Waals surface area (Å²) in [5.74, 6) is 0.0837. The fourth-order valence-electron chi connectivity index (χ4n) is 4.71. The Morgan fingerprint density at radius 3 is 2.76 bits per heavy atom. The van der Waals surface area contributed by atoms with Gasteiger partial charge in [-0.2, -0.15) is 0 Å². The largest absolute Gasteiger partial charge is 0.360 e. The lowest BCUT2D eigenvalue weighted by Crippen LogP contribution is -2.45. The first-order chi connectivity index (χ1) is 16.1. The van der Waals surface area contributed by atoms with Gasteiger partial charge in [-0.1, -0.05) is 24.3 Å². The number of nitrogens with zero attached hydrogens (tertiary/aromatic N) is 3. The third kappa shape index (κ3) is 4.67. The van der Waals surface area contributed by atoms with Crippen LogP contribution in [0.4, 0.5) is 10.8 Å². The highest BCUT2D eigenvalue weighted by Crippen LogP contribution is 2.36. The summed E-state index contributed by atoms with van der Waals surface area (Å²) in [5, 5.41) is 7.89. The topological polar surface area (TPSA) is 60.5 Å². The van der Waals surface area contributed by atoms with E-state index in [0.29, 0.717) is 0 Å². The minimum Gasteiger partial charge on any atom is -0.360 e. The van der Waals surface area contributed by atoms with Gasteiger partial charge in [0.25, 0.3) is 5.91 Å². The predicted octanol–water partition coefficient (Wildman–Crippen LogP) is 3.95. The van der Waals surface area contributed by atoms with Gasteiger partial charge in [0.05, 0.1) is 5.69 Å². The van der Waals surface area contributed by atoms with Crippen LogP contribution in [0.3, 0.4) is 0 Å². The monoisotopic (exact) mass is 461 g/mol. The molecule has 1 amide bonds. The zero-order valence-corrected chi connectivity index (χ0v) is 20.2. The highest BCUT2D eigenvalue weighted by Gasteiger charge is 2.27. The van der Waals surface area contributed by atoms with E-state index in [9.17, 15) is 4.79 Å². The molecule has 3 aromatic rings. The number of thiazole rings is 1. The van der Waals surface area contributed by atoms with Crippen molar-refractivity contribution in [3.8, 4) is 11.3 Å². The number of carbonyl (C=O) groups excluding carboxylic acids is 1. The number of aromatic nitrogens is 1. The first-order valence-electron chi connectivity index (χ1n) is 11.8. The summed E-state index contributed by atoms with van der Waals surface area (Å²) in [6, 6.07) is 14.2. The molecule has 6 nitrogen and oxygen atoms in total. The van der Waals surface area contributed by atoms with Crippen LogP contribution in [0.1, 0.15) is 26.4 Å². The zero-order valence-electron chi connectivity index (χ0n) is 19.4. The molecular weight excluding hydrogens is 430 g/mol. The second kappa shape index (κ2) is 9.63. The van der Waals surface area contributed by atoms with Gasteiger partial charge in [0.2, 0.25) is 0 Å². The average Bonchev–Trinajstić information content (AvgIpc) is 3.42. The molecule has 1 aromatic heterocycles. The number of hydrogen-bond donors (Lipinski definition) is 2. The third-order valence-corrected chi connectivity index (χ3v) is 7.51. The molecule has 2 aliphatic heterocycles. The highest BCUT2D eigenvalue weighted by molar-refractivity contribution is 7.16. The lowest BCUT2D eigenvalue weighted by Gasteiger charge is -2.26. The summed E-state index contributed by atoms with van der Waals surface area (Å²) in [7, 11) is 0. The van der Waals surface area contributed by atoms with E-state index < -0.39 is 0 Å². The summed E-state index contributed by atoms with van der Waals surface area (Å²) < 4.78 is 0. The number of hydrogen-bond acceptors (Lipinski definition) is 6. The van der Waals surface area contributed by atoms with Gasteiger partial charge in [-0.05, 0) is 49.6 Å². The van der Waals surface area contributed by atoms with Crippen LogP contribution in [0.25, 0.3) is 11.3 Å². The number of carbonyl (C=O) groups is 1. The Hall–Kier alpha value is -2.74. The molecule has 0 bridgehead atoms. The number of fused-ring (bicyclic) bond motifs is 1. The quantitative estimate of drug-likeness (QED) is 0.582. The van der Waals surface area contributed by atoms with E-state index in [-0.39, 0.29) is 5.91 Å². The van der Waals surface area contributed by atoms with Crippen LogP contribution in [-0.4, -0.2) is 61.6 Å². The molecule has 7 heteroatoms. The van der Waals surface area contributed by atoms with Crippen LogP contribution in [0, 0.1) is 13.8 Å². The Morgan fingerprint density at radius 2 is 1.94 bits per heavy atom. The highest BCUT2D eigenvalue weighted by atomic mass is 32.1. The smallest absolute Gasteiger partial charge is 0.258 e. The molecule has 0 spiro atoms. The van der Waals surface area contributed by atoms with E-state index in [1.807, 2.05) is 36.1 Å². The van der Waals surface area contributed by atoms with Gasteiger partial charge in [0, 0.05) is 67.5 Å². The third-order valence-electron chi connectivity index (χ3n) is 6.58. The lowest BCUT2D eigenvalue weighted by molar-refractivity contribution is 0.0989. The SMILES string of the molecule is Cc1ccccc1C(=O)N1CCc2cc(-c3nc(NCCN4CCNCC4)sc3C)ccc21. The second-order valence-corrected chi connectivity index (χ2v) is 10.0. The number of nitrogens with one attached hydrogen (secondary N) is 2. The number of amides is 1. The van der Waals surface area contributed by atoms with Crippen molar-refractivity contribution >= 4 is 28.1 Å². The number of benzene rings is 2. The summed E-state index contributed by atoms with van der Waals surface area (Å²) >= 11 is 1.72. The van der Waals surface area contributed by atoms with Crippen molar-refractivity contribution in [3.05, 3.63) is 64.0 Å². The van der Waals surface area contributed by atoms with Crippen molar-refractivity contribution in [1.82, 2.24) is 15.2 Å². The molecule has 5 rings (SSSR count). The van der Waals surface area contributed by atoms with Crippen LogP contribution in [0.5, 0.6) is 0 Å². The molecule has 2 aromatic carbocycles. The van der Waals surface area contributed by atoms with E-state index in [2.05, 4.69) is 40.7 Å². The Morgan fingerprint density at radius 1 is 1.12 bits per heavy atom. The Bertz CT molecular complexity index is 1150. The lowest BCUT2D eigenvalue weighted by atomic mass is 10.0. The molecule has 0 radical (unpaired) electrons. The molecule has 3 heterocycles. The van der Waals surface area contributed by atoms with Crippen molar-refractivity contribution in [2.24, 2.45) is 0 Å². The number of piperazine rings is 1. The van der Waals surface area contributed by atoms with Gasteiger partial charge in [0.1, 0.15) is 0 Å². The summed E-state index contributed by atoms with van der Waals surface area (Å²) in [6.45, 7) is 11.2. The van der Waals surface area contributed by atoms with Gasteiger partial charge >= 0.3 is 0 Å². The first-order valence-corrected chi connectivity index (χ1v) is 12.6. The average molecular weight is 462 g/mol. The summed E-state index contributed by atoms with van der Waals surface area (Å²) in [4.78, 5) is 23.7. The summed E-state index contributed by atoms with van der Waals surface area (Å²) in [5.41, 5.74) is 6.20. The van der Waals surface area contributed by atoms with E-state index >= 15 is 0 Å². The molecule has 0 atom stereocenters. The van der Waals surface area contributed by atoms with Crippen molar-refractivity contribution in [3.63, 3.8) is 0 Å². The molecule has 2 N–H and O–H groups in total. The number of rotatable bonds is 6. The molecule has 0 aliphatic carbocycles. The predicted molar refractivity (Wildman–Crippen MR) is 137 cm³/mol. The van der Waals surface area contributed by atoms with Gasteiger partial charge in [0.15, 0.2) is 5.13 Å². The van der Waals surface area contributed by atoms with E-state index in [1.54, 1.807) is 11.3 Å². The van der Waals surface area contributed by atoms with Crippen LogP contribution in [0.2, 0.25) is 0 Å². The van der Waals surface area contributed by atoms with Gasteiger partial charge in [-0.25, -0.2) is 4.98 Å². The molecular formula is C26H31N5OS. The maximum Gasteiger partial charge on any atom is 0.258 e. The van der Waals surface area contributed by atoms with Crippen LogP contribution in [-0.2, 0) is 6.42 Å². The van der Waals surface area contributed by atoms with Crippen molar-refractivity contribution < 1.29 is 4.79 Å². The van der Waals surface area contributed by atoms with E-state index in [4.69, 9.17) is 4.98 Å². The van der Waals surface area contributed by atoms with Gasteiger partial charge in [-0.15, -0.1) is 11.3 Å².